The topological polar surface area (TPSA) is 82.7 Å². The molecule has 0 spiro atoms. The molecule has 0 radical (unpaired) electrons. The van der Waals surface area contributed by atoms with Crippen molar-refractivity contribution in [2.24, 2.45) is 0 Å². The minimum atomic E-state index is -0.0160. The van der Waals surface area contributed by atoms with Crippen LogP contribution >= 0.6 is 0 Å². The molecule has 0 aliphatic carbocycles. The number of allylic oxidation sites excluding steroid dienone is 1. The van der Waals surface area contributed by atoms with Gasteiger partial charge in [-0.25, -0.2) is 9.97 Å². The highest BCUT2D eigenvalue weighted by atomic mass is 16.1. The van der Waals surface area contributed by atoms with Crippen LogP contribution in [0, 0.1) is 6.92 Å². The Morgan fingerprint density at radius 2 is 2.07 bits per heavy atom. The predicted octanol–water partition coefficient (Wildman–Crippen LogP) is 3.52. The van der Waals surface area contributed by atoms with Gasteiger partial charge in [-0.1, -0.05) is 24.3 Å². The Kier molecular flexibility index (Phi) is 3.53. The smallest absolute Gasteiger partial charge is 0.253 e. The van der Waals surface area contributed by atoms with Gasteiger partial charge in [-0.2, -0.15) is 0 Å². The van der Waals surface area contributed by atoms with Crippen LogP contribution in [0.4, 0.5) is 5.82 Å². The van der Waals surface area contributed by atoms with Gasteiger partial charge in [0, 0.05) is 35.5 Å². The van der Waals surface area contributed by atoms with Gasteiger partial charge in [0.1, 0.15) is 11.3 Å². The lowest BCUT2D eigenvalue weighted by Gasteiger charge is -2.22. The van der Waals surface area contributed by atoms with Crippen LogP contribution in [0.2, 0.25) is 0 Å². The fourth-order valence-corrected chi connectivity index (χ4v) is 3.97. The van der Waals surface area contributed by atoms with Crippen molar-refractivity contribution in [2.75, 3.05) is 11.9 Å². The molecule has 27 heavy (non-hydrogen) atoms. The maximum absolute atomic E-state index is 12.4. The Balaban J connectivity index is 1.80. The molecule has 2 aliphatic rings. The number of amides is 1. The third-order valence-electron chi connectivity index (χ3n) is 5.38. The maximum atomic E-state index is 12.4. The number of nitrogens with zero attached hydrogens (tertiary/aromatic N) is 2. The van der Waals surface area contributed by atoms with Gasteiger partial charge in [0.15, 0.2) is 0 Å². The molecule has 2 aromatic heterocycles. The third kappa shape index (κ3) is 2.60. The summed E-state index contributed by atoms with van der Waals surface area (Å²) in [4.78, 5) is 25.5. The molecular weight excluding hydrogens is 338 g/mol. The minimum Gasteiger partial charge on any atom is -0.363 e. The molecule has 0 saturated carbocycles. The fourth-order valence-electron chi connectivity index (χ4n) is 3.97. The zero-order chi connectivity index (χ0) is 18.5. The van der Waals surface area contributed by atoms with Crippen LogP contribution in [0.3, 0.4) is 0 Å². The lowest BCUT2D eigenvalue weighted by atomic mass is 9.94. The van der Waals surface area contributed by atoms with Crippen LogP contribution in [-0.2, 0) is 0 Å². The van der Waals surface area contributed by atoms with Crippen molar-refractivity contribution in [3.05, 3.63) is 53.4 Å². The molecule has 0 fully saturated rings. The van der Waals surface area contributed by atoms with Crippen LogP contribution in [-0.4, -0.2) is 33.4 Å². The first-order chi connectivity index (χ1) is 13.1. The lowest BCUT2D eigenvalue weighted by Crippen LogP contribution is -2.34. The number of anilines is 1. The van der Waals surface area contributed by atoms with Crippen molar-refractivity contribution in [3.63, 3.8) is 0 Å². The van der Waals surface area contributed by atoms with E-state index in [0.29, 0.717) is 6.54 Å². The van der Waals surface area contributed by atoms with E-state index in [1.807, 2.05) is 31.2 Å². The lowest BCUT2D eigenvalue weighted by molar-refractivity contribution is 0.0940. The average molecular weight is 359 g/mol. The Bertz CT molecular complexity index is 1100. The number of benzene rings is 1. The zero-order valence-electron chi connectivity index (χ0n) is 15.3. The number of hydrogen-bond donors (Lipinski definition) is 3. The fraction of sp³-hybridized carbons (Fsp3) is 0.286. The number of aromatic nitrogens is 3. The molecule has 2 aliphatic heterocycles. The second-order valence-corrected chi connectivity index (χ2v) is 7.35. The number of nitrogens with one attached hydrogen (secondary N) is 3. The zero-order valence-corrected chi connectivity index (χ0v) is 15.3. The Labute approximate surface area is 157 Å². The molecule has 136 valence electrons. The highest BCUT2D eigenvalue weighted by molar-refractivity contribution is 6.00. The first-order valence-corrected chi connectivity index (χ1v) is 9.32. The summed E-state index contributed by atoms with van der Waals surface area (Å²) in [6.45, 7) is 4.72. The van der Waals surface area contributed by atoms with E-state index in [9.17, 15) is 4.79 Å². The summed E-state index contributed by atoms with van der Waals surface area (Å²) in [5.74, 6) is 1.02. The monoisotopic (exact) mass is 359 g/mol. The summed E-state index contributed by atoms with van der Waals surface area (Å²) >= 11 is 0. The van der Waals surface area contributed by atoms with E-state index in [0.717, 1.165) is 51.5 Å². The molecule has 0 saturated heterocycles. The molecule has 4 heterocycles. The molecule has 4 bridgehead atoms. The standard InChI is InChI=1S/C21H21N5O/c1-11-5-3-6-13-10-22-21(27)15-9-17(25-18(13)15)14-7-4-8-16-19(14)26-20(23-11)12(2)24-16/h3-5,7-9,11,13,25H,6,10H2,1-2H3,(H,22,27)(H,23,26)/b5-3+/t11-,13-/m1/s1. The molecule has 1 amide bonds. The molecule has 2 atom stereocenters. The van der Waals surface area contributed by atoms with E-state index in [1.54, 1.807) is 0 Å². The molecule has 1 aromatic carbocycles. The summed E-state index contributed by atoms with van der Waals surface area (Å²) in [6, 6.07) is 8.07. The minimum absolute atomic E-state index is 0.0160. The van der Waals surface area contributed by atoms with Gasteiger partial charge in [0.05, 0.1) is 16.8 Å². The van der Waals surface area contributed by atoms with Crippen molar-refractivity contribution in [2.45, 2.75) is 32.2 Å². The number of aryl methyl sites for hydroxylation is 1. The Morgan fingerprint density at radius 1 is 1.19 bits per heavy atom. The van der Waals surface area contributed by atoms with Gasteiger partial charge < -0.3 is 15.6 Å². The number of fused-ring (bicyclic) bond motifs is 3. The molecule has 3 N–H and O–H groups in total. The van der Waals surface area contributed by atoms with Crippen LogP contribution in [0.1, 0.15) is 41.0 Å². The molecular formula is C21H21N5O. The first-order valence-electron chi connectivity index (χ1n) is 9.32. The second-order valence-electron chi connectivity index (χ2n) is 7.35. The second kappa shape index (κ2) is 5.94. The number of para-hydroxylation sites is 1. The quantitative estimate of drug-likeness (QED) is 0.536. The van der Waals surface area contributed by atoms with Crippen molar-refractivity contribution >= 4 is 22.8 Å². The number of H-pyrrole nitrogens is 1. The number of hydrogen-bond acceptors (Lipinski definition) is 4. The van der Waals surface area contributed by atoms with E-state index in [2.05, 4.69) is 34.7 Å². The molecule has 5 rings (SSSR count). The van der Waals surface area contributed by atoms with E-state index >= 15 is 0 Å². The van der Waals surface area contributed by atoms with E-state index in [4.69, 9.17) is 9.97 Å². The van der Waals surface area contributed by atoms with Gasteiger partial charge >= 0.3 is 0 Å². The van der Waals surface area contributed by atoms with E-state index < -0.39 is 0 Å². The number of carbonyl (C=O) groups excluding carboxylic acids is 1. The first kappa shape index (κ1) is 16.1. The highest BCUT2D eigenvalue weighted by Gasteiger charge is 2.28. The van der Waals surface area contributed by atoms with Gasteiger partial charge in [0.25, 0.3) is 5.91 Å². The van der Waals surface area contributed by atoms with Crippen LogP contribution in [0.25, 0.3) is 22.3 Å². The number of aromatic amines is 1. The van der Waals surface area contributed by atoms with Crippen molar-refractivity contribution in [1.82, 2.24) is 20.3 Å². The summed E-state index contributed by atoms with van der Waals surface area (Å²) in [6.07, 6.45) is 5.19. The van der Waals surface area contributed by atoms with Crippen LogP contribution in [0.15, 0.2) is 36.4 Å². The summed E-state index contributed by atoms with van der Waals surface area (Å²) < 4.78 is 0. The Morgan fingerprint density at radius 3 is 2.96 bits per heavy atom. The largest absolute Gasteiger partial charge is 0.363 e. The van der Waals surface area contributed by atoms with Gasteiger partial charge in [-0.3, -0.25) is 4.79 Å². The van der Waals surface area contributed by atoms with Crippen molar-refractivity contribution in [1.29, 1.82) is 0 Å². The predicted molar refractivity (Wildman–Crippen MR) is 106 cm³/mol. The number of carbonyl (C=O) groups is 1. The van der Waals surface area contributed by atoms with Crippen molar-refractivity contribution < 1.29 is 4.79 Å². The van der Waals surface area contributed by atoms with E-state index in [1.165, 1.54) is 0 Å². The Hall–Kier alpha value is -3.15. The third-order valence-corrected chi connectivity index (χ3v) is 5.38. The van der Waals surface area contributed by atoms with Crippen molar-refractivity contribution in [3.8, 4) is 11.3 Å². The highest BCUT2D eigenvalue weighted by Crippen LogP contribution is 2.34. The molecule has 3 aromatic rings. The normalized spacial score (nSPS) is 22.4. The summed E-state index contributed by atoms with van der Waals surface area (Å²) in [5.41, 5.74) is 6.17. The average Bonchev–Trinajstić information content (AvgIpc) is 3.09. The van der Waals surface area contributed by atoms with Crippen LogP contribution < -0.4 is 10.6 Å². The molecule has 6 heteroatoms. The summed E-state index contributed by atoms with van der Waals surface area (Å²) in [7, 11) is 0. The maximum Gasteiger partial charge on any atom is 0.253 e. The van der Waals surface area contributed by atoms with E-state index in [-0.39, 0.29) is 17.9 Å². The SMILES string of the molecule is Cc1nc2cccc3c2nc1N[C@H](C)/C=C/C[C@@H]1CNC(=O)c2cc-3[nH]c21. The van der Waals surface area contributed by atoms with Gasteiger partial charge in [-0.05, 0) is 32.4 Å². The molecule has 6 nitrogen and oxygen atoms in total. The number of rotatable bonds is 0. The van der Waals surface area contributed by atoms with Gasteiger partial charge in [-0.15, -0.1) is 0 Å². The molecule has 0 unspecified atom stereocenters. The summed E-state index contributed by atoms with van der Waals surface area (Å²) in [5, 5.41) is 6.47. The van der Waals surface area contributed by atoms with Gasteiger partial charge in [0.2, 0.25) is 0 Å². The van der Waals surface area contributed by atoms with Crippen LogP contribution in [0.5, 0.6) is 0 Å².